The van der Waals surface area contributed by atoms with Crippen LogP contribution < -0.4 is 10.2 Å². The summed E-state index contributed by atoms with van der Waals surface area (Å²) in [6.07, 6.45) is 2.03. The Balaban J connectivity index is 2.23. The summed E-state index contributed by atoms with van der Waals surface area (Å²) in [6.45, 7) is 9.59. The fraction of sp³-hybridized carbons (Fsp3) is 0.500. The first-order valence-electron chi connectivity index (χ1n) is 7.88. The van der Waals surface area contributed by atoms with E-state index in [4.69, 9.17) is 4.52 Å². The number of rotatable bonds is 7. The van der Waals surface area contributed by atoms with Gasteiger partial charge in [0.1, 0.15) is 23.1 Å². The van der Waals surface area contributed by atoms with Gasteiger partial charge in [0.15, 0.2) is 5.82 Å². The van der Waals surface area contributed by atoms with E-state index >= 15 is 0 Å². The summed E-state index contributed by atoms with van der Waals surface area (Å²) in [4.78, 5) is 23.2. The van der Waals surface area contributed by atoms with E-state index in [0.29, 0.717) is 23.1 Å². The maximum atomic E-state index is 12.4. The quantitative estimate of drug-likeness (QED) is 0.845. The Kier molecular flexibility index (Phi) is 5.67. The van der Waals surface area contributed by atoms with Crippen molar-refractivity contribution in [3.63, 3.8) is 0 Å². The van der Waals surface area contributed by atoms with Crippen LogP contribution in [-0.2, 0) is 0 Å². The molecule has 0 saturated heterocycles. The third kappa shape index (κ3) is 4.51. The van der Waals surface area contributed by atoms with Gasteiger partial charge < -0.3 is 14.7 Å². The van der Waals surface area contributed by atoms with Crippen molar-refractivity contribution in [3.05, 3.63) is 29.4 Å². The Hall–Kier alpha value is -2.44. The van der Waals surface area contributed by atoms with Gasteiger partial charge in [0.05, 0.1) is 0 Å². The molecule has 0 atom stereocenters. The maximum Gasteiger partial charge on any atom is 0.275 e. The molecule has 0 spiro atoms. The van der Waals surface area contributed by atoms with Gasteiger partial charge in [-0.25, -0.2) is 9.97 Å². The number of amides is 1. The fourth-order valence-corrected chi connectivity index (χ4v) is 2.32. The van der Waals surface area contributed by atoms with Crippen LogP contribution in [0.25, 0.3) is 0 Å². The van der Waals surface area contributed by atoms with Gasteiger partial charge >= 0.3 is 0 Å². The van der Waals surface area contributed by atoms with Crippen molar-refractivity contribution in [1.29, 1.82) is 0 Å². The van der Waals surface area contributed by atoms with Crippen molar-refractivity contribution in [3.8, 4) is 0 Å². The number of hydrogen-bond acceptors (Lipinski definition) is 6. The third-order valence-corrected chi connectivity index (χ3v) is 3.24. The van der Waals surface area contributed by atoms with E-state index in [9.17, 15) is 4.79 Å². The Morgan fingerprint density at radius 3 is 2.43 bits per heavy atom. The lowest BCUT2D eigenvalue weighted by Gasteiger charge is -2.23. The number of aryl methyl sites for hydroxylation is 2. The predicted octanol–water partition coefficient (Wildman–Crippen LogP) is 2.96. The molecule has 23 heavy (non-hydrogen) atoms. The zero-order valence-corrected chi connectivity index (χ0v) is 14.1. The van der Waals surface area contributed by atoms with Crippen LogP contribution in [0.3, 0.4) is 0 Å². The molecule has 7 heteroatoms. The Morgan fingerprint density at radius 1 is 1.17 bits per heavy atom. The molecule has 0 aliphatic heterocycles. The second-order valence-corrected chi connectivity index (χ2v) is 5.42. The molecule has 2 aromatic rings. The highest BCUT2D eigenvalue weighted by Crippen LogP contribution is 2.15. The monoisotopic (exact) mass is 317 g/mol. The molecule has 0 unspecified atom stereocenters. The second kappa shape index (κ2) is 7.71. The van der Waals surface area contributed by atoms with E-state index in [1.54, 1.807) is 26.0 Å². The smallest absolute Gasteiger partial charge is 0.275 e. The second-order valence-electron chi connectivity index (χ2n) is 5.42. The molecule has 0 saturated carbocycles. The minimum atomic E-state index is -0.321. The predicted molar refractivity (Wildman–Crippen MR) is 88.8 cm³/mol. The summed E-state index contributed by atoms with van der Waals surface area (Å²) in [5, 5.41) is 6.44. The van der Waals surface area contributed by atoms with Gasteiger partial charge in [0, 0.05) is 25.2 Å². The average Bonchev–Trinajstić information content (AvgIpc) is 2.91. The van der Waals surface area contributed by atoms with Crippen LogP contribution in [0.2, 0.25) is 0 Å². The highest BCUT2D eigenvalue weighted by atomic mass is 16.5. The summed E-state index contributed by atoms with van der Waals surface area (Å²) >= 11 is 0. The minimum absolute atomic E-state index is 0.321. The highest BCUT2D eigenvalue weighted by Gasteiger charge is 2.15. The molecule has 1 amide bonds. The van der Waals surface area contributed by atoms with Crippen LogP contribution in [0.15, 0.2) is 16.7 Å². The number of anilines is 2. The molecule has 124 valence electrons. The minimum Gasteiger partial charge on any atom is -0.360 e. The van der Waals surface area contributed by atoms with Crippen LogP contribution in [0.5, 0.6) is 0 Å². The van der Waals surface area contributed by atoms with Crippen molar-refractivity contribution < 1.29 is 9.32 Å². The summed E-state index contributed by atoms with van der Waals surface area (Å²) < 4.78 is 4.95. The Bertz CT molecular complexity index is 662. The van der Waals surface area contributed by atoms with Crippen molar-refractivity contribution >= 4 is 17.5 Å². The van der Waals surface area contributed by atoms with E-state index in [-0.39, 0.29) is 5.91 Å². The largest absolute Gasteiger partial charge is 0.360 e. The molecule has 0 fully saturated rings. The first-order chi connectivity index (χ1) is 11.0. The van der Waals surface area contributed by atoms with Crippen LogP contribution in [0.1, 0.15) is 48.8 Å². The van der Waals surface area contributed by atoms with Gasteiger partial charge in [-0.1, -0.05) is 19.0 Å². The van der Waals surface area contributed by atoms with Crippen molar-refractivity contribution in [1.82, 2.24) is 15.1 Å². The number of hydrogen-bond donors (Lipinski definition) is 1. The molecule has 0 aliphatic rings. The summed E-state index contributed by atoms with van der Waals surface area (Å²) in [5.41, 5.74) is 0.324. The zero-order chi connectivity index (χ0) is 16.8. The van der Waals surface area contributed by atoms with Gasteiger partial charge in [0.25, 0.3) is 5.91 Å². The first-order valence-corrected chi connectivity index (χ1v) is 7.88. The summed E-state index contributed by atoms with van der Waals surface area (Å²) in [7, 11) is 0. The third-order valence-electron chi connectivity index (χ3n) is 3.24. The standard InChI is InChI=1S/C16H23N5O2/c1-5-7-21(8-6-2)15-10-13(17-12(4)18-15)16(22)19-14-9-11(3)23-20-14/h9-10H,5-8H2,1-4H3,(H,19,20,22). The van der Waals surface area contributed by atoms with Crippen LogP contribution in [0.4, 0.5) is 11.6 Å². The Labute approximate surface area is 136 Å². The maximum absolute atomic E-state index is 12.4. The fourth-order valence-electron chi connectivity index (χ4n) is 2.32. The lowest BCUT2D eigenvalue weighted by molar-refractivity contribution is 0.102. The topological polar surface area (TPSA) is 84.2 Å². The van der Waals surface area contributed by atoms with Crippen LogP contribution in [-0.4, -0.2) is 34.1 Å². The number of nitrogens with one attached hydrogen (secondary N) is 1. The van der Waals surface area contributed by atoms with E-state index in [2.05, 4.69) is 39.2 Å². The van der Waals surface area contributed by atoms with Crippen LogP contribution in [0, 0.1) is 13.8 Å². The van der Waals surface area contributed by atoms with E-state index < -0.39 is 0 Å². The number of aromatic nitrogens is 3. The van der Waals surface area contributed by atoms with Gasteiger partial charge in [0.2, 0.25) is 0 Å². The molecule has 2 aromatic heterocycles. The average molecular weight is 317 g/mol. The van der Waals surface area contributed by atoms with Crippen LogP contribution >= 0.6 is 0 Å². The normalized spacial score (nSPS) is 10.6. The number of nitrogens with zero attached hydrogens (tertiary/aromatic N) is 4. The molecule has 1 N–H and O–H groups in total. The SMILES string of the molecule is CCCN(CCC)c1cc(C(=O)Nc2cc(C)on2)nc(C)n1. The van der Waals surface area contributed by atoms with E-state index in [1.807, 2.05) is 0 Å². The van der Waals surface area contributed by atoms with Crippen molar-refractivity contribution in [2.24, 2.45) is 0 Å². The molecular formula is C16H23N5O2. The van der Waals surface area contributed by atoms with E-state index in [1.165, 1.54) is 0 Å². The van der Waals surface area contributed by atoms with Gasteiger partial charge in [-0.05, 0) is 26.7 Å². The van der Waals surface area contributed by atoms with Gasteiger partial charge in [-0.3, -0.25) is 4.79 Å². The lowest BCUT2D eigenvalue weighted by atomic mass is 10.3. The highest BCUT2D eigenvalue weighted by molar-refractivity contribution is 6.02. The lowest BCUT2D eigenvalue weighted by Crippen LogP contribution is -2.27. The zero-order valence-electron chi connectivity index (χ0n) is 14.1. The molecule has 0 radical (unpaired) electrons. The van der Waals surface area contributed by atoms with E-state index in [0.717, 1.165) is 31.7 Å². The molecule has 2 heterocycles. The van der Waals surface area contributed by atoms with Crippen molar-refractivity contribution in [2.45, 2.75) is 40.5 Å². The molecule has 0 bridgehead atoms. The van der Waals surface area contributed by atoms with Gasteiger partial charge in [-0.15, -0.1) is 0 Å². The van der Waals surface area contributed by atoms with Gasteiger partial charge in [-0.2, -0.15) is 0 Å². The molecule has 0 aromatic carbocycles. The summed E-state index contributed by atoms with van der Waals surface area (Å²) in [6, 6.07) is 3.38. The summed E-state index contributed by atoms with van der Waals surface area (Å²) in [5.74, 6) is 2.04. The molecule has 7 nitrogen and oxygen atoms in total. The first kappa shape index (κ1) is 16.9. The van der Waals surface area contributed by atoms with Crippen molar-refractivity contribution in [2.75, 3.05) is 23.3 Å². The molecule has 0 aliphatic carbocycles. The number of carbonyl (C=O) groups is 1. The molecular weight excluding hydrogens is 294 g/mol. The molecule has 2 rings (SSSR count). The Morgan fingerprint density at radius 2 is 1.87 bits per heavy atom. The number of carbonyl (C=O) groups excluding carboxylic acids is 1.